The zero-order valence-corrected chi connectivity index (χ0v) is 10.1. The third kappa shape index (κ3) is 3.81. The second-order valence-corrected chi connectivity index (χ2v) is 4.95. The van der Waals surface area contributed by atoms with Crippen LogP contribution < -0.4 is 5.32 Å². The highest BCUT2D eigenvalue weighted by molar-refractivity contribution is 5.04. The molecule has 0 aliphatic carbocycles. The number of hydrogen-bond acceptors (Lipinski definition) is 2. The van der Waals surface area contributed by atoms with E-state index in [9.17, 15) is 0 Å². The van der Waals surface area contributed by atoms with E-state index < -0.39 is 0 Å². The summed E-state index contributed by atoms with van der Waals surface area (Å²) < 4.78 is 0. The molecule has 0 radical (unpaired) electrons. The van der Waals surface area contributed by atoms with Crippen LogP contribution in [0.2, 0.25) is 0 Å². The molecule has 0 saturated heterocycles. The van der Waals surface area contributed by atoms with Crippen LogP contribution in [-0.4, -0.2) is 36.6 Å². The third-order valence-corrected chi connectivity index (χ3v) is 2.79. The lowest BCUT2D eigenvalue weighted by atomic mass is 10.0. The lowest BCUT2D eigenvalue weighted by molar-refractivity contribution is 0.214. The minimum atomic E-state index is 0.244. The van der Waals surface area contributed by atoms with Gasteiger partial charge in [0.2, 0.25) is 0 Å². The second kappa shape index (κ2) is 4.94. The maximum atomic E-state index is 3.52. The first-order valence-corrected chi connectivity index (χ1v) is 5.66. The summed E-state index contributed by atoms with van der Waals surface area (Å²) >= 11 is 0. The molecule has 0 aromatic rings. The lowest BCUT2D eigenvalue weighted by Crippen LogP contribution is -2.49. The molecule has 2 nitrogen and oxygen atoms in total. The fourth-order valence-corrected chi connectivity index (χ4v) is 2.05. The van der Waals surface area contributed by atoms with Crippen LogP contribution in [0.3, 0.4) is 0 Å². The van der Waals surface area contributed by atoms with E-state index in [1.165, 1.54) is 13.0 Å². The van der Waals surface area contributed by atoms with Crippen LogP contribution >= 0.6 is 0 Å². The van der Waals surface area contributed by atoms with Crippen LogP contribution in [0.15, 0.2) is 11.6 Å². The highest BCUT2D eigenvalue weighted by Gasteiger charge is 2.20. The SMILES string of the molecule is CCNC(C)(C)CN1CC=C(C)CC1. The molecular formula is C12H24N2. The van der Waals surface area contributed by atoms with E-state index in [1.807, 2.05) is 0 Å². The standard InChI is InChI=1S/C12H24N2/c1-5-13-12(3,4)10-14-8-6-11(2)7-9-14/h6,13H,5,7-10H2,1-4H3. The molecule has 0 aromatic carbocycles. The number of rotatable bonds is 4. The molecule has 1 N–H and O–H groups in total. The predicted octanol–water partition coefficient (Wildman–Crippen LogP) is 2.03. The van der Waals surface area contributed by atoms with E-state index in [0.717, 1.165) is 19.6 Å². The Hall–Kier alpha value is -0.340. The van der Waals surface area contributed by atoms with Crippen molar-refractivity contribution in [2.75, 3.05) is 26.2 Å². The Kier molecular flexibility index (Phi) is 4.14. The molecule has 0 fully saturated rings. The Balaban J connectivity index is 2.38. The van der Waals surface area contributed by atoms with Gasteiger partial charge in [-0.05, 0) is 33.7 Å². The van der Waals surface area contributed by atoms with Crippen molar-refractivity contribution in [2.24, 2.45) is 0 Å². The number of likely N-dealkylation sites (N-methyl/N-ethyl adjacent to an activating group) is 1. The summed E-state index contributed by atoms with van der Waals surface area (Å²) in [5.41, 5.74) is 1.79. The largest absolute Gasteiger partial charge is 0.311 e. The summed E-state index contributed by atoms with van der Waals surface area (Å²) in [4.78, 5) is 2.52. The Morgan fingerprint density at radius 1 is 1.50 bits per heavy atom. The fourth-order valence-electron chi connectivity index (χ4n) is 2.05. The van der Waals surface area contributed by atoms with E-state index in [0.29, 0.717) is 0 Å². The molecule has 1 rings (SSSR count). The summed E-state index contributed by atoms with van der Waals surface area (Å²) in [7, 11) is 0. The van der Waals surface area contributed by atoms with Gasteiger partial charge in [-0.2, -0.15) is 0 Å². The van der Waals surface area contributed by atoms with Crippen LogP contribution in [0.4, 0.5) is 0 Å². The summed E-state index contributed by atoms with van der Waals surface area (Å²) in [6.45, 7) is 13.5. The first-order valence-electron chi connectivity index (χ1n) is 5.66. The Labute approximate surface area is 88.4 Å². The van der Waals surface area contributed by atoms with Gasteiger partial charge in [0, 0.05) is 25.2 Å². The fraction of sp³-hybridized carbons (Fsp3) is 0.833. The smallest absolute Gasteiger partial charge is 0.0252 e. The van der Waals surface area contributed by atoms with Crippen molar-refractivity contribution in [3.63, 3.8) is 0 Å². The molecule has 0 aromatic heterocycles. The van der Waals surface area contributed by atoms with Gasteiger partial charge >= 0.3 is 0 Å². The van der Waals surface area contributed by atoms with E-state index >= 15 is 0 Å². The van der Waals surface area contributed by atoms with Crippen LogP contribution in [0.1, 0.15) is 34.1 Å². The summed E-state index contributed by atoms with van der Waals surface area (Å²) in [5, 5.41) is 3.52. The van der Waals surface area contributed by atoms with Gasteiger partial charge in [-0.25, -0.2) is 0 Å². The van der Waals surface area contributed by atoms with Crippen LogP contribution in [0.5, 0.6) is 0 Å². The highest BCUT2D eigenvalue weighted by Crippen LogP contribution is 2.13. The minimum Gasteiger partial charge on any atom is -0.311 e. The average Bonchev–Trinajstić information content (AvgIpc) is 2.08. The molecule has 82 valence electrons. The quantitative estimate of drug-likeness (QED) is 0.692. The highest BCUT2D eigenvalue weighted by atomic mass is 15.2. The molecular weight excluding hydrogens is 172 g/mol. The van der Waals surface area contributed by atoms with Crippen molar-refractivity contribution in [3.8, 4) is 0 Å². The van der Waals surface area contributed by atoms with Crippen molar-refractivity contribution < 1.29 is 0 Å². The first-order chi connectivity index (χ1) is 6.53. The topological polar surface area (TPSA) is 15.3 Å². The van der Waals surface area contributed by atoms with Crippen molar-refractivity contribution in [2.45, 2.75) is 39.7 Å². The summed E-state index contributed by atoms with van der Waals surface area (Å²) in [6.07, 6.45) is 3.59. The Morgan fingerprint density at radius 3 is 2.71 bits per heavy atom. The van der Waals surface area contributed by atoms with Gasteiger partial charge in [0.05, 0.1) is 0 Å². The van der Waals surface area contributed by atoms with Crippen molar-refractivity contribution in [3.05, 3.63) is 11.6 Å². The normalized spacial score (nSPS) is 19.6. The lowest BCUT2D eigenvalue weighted by Gasteiger charge is -2.34. The molecule has 0 atom stereocenters. The van der Waals surface area contributed by atoms with Gasteiger partial charge in [-0.15, -0.1) is 0 Å². The Bertz CT molecular complexity index is 206. The second-order valence-electron chi connectivity index (χ2n) is 4.95. The van der Waals surface area contributed by atoms with Crippen LogP contribution in [0.25, 0.3) is 0 Å². The van der Waals surface area contributed by atoms with Crippen molar-refractivity contribution in [1.82, 2.24) is 10.2 Å². The van der Waals surface area contributed by atoms with E-state index in [-0.39, 0.29) is 5.54 Å². The van der Waals surface area contributed by atoms with Crippen molar-refractivity contribution >= 4 is 0 Å². The van der Waals surface area contributed by atoms with Crippen LogP contribution in [-0.2, 0) is 0 Å². The zero-order chi connectivity index (χ0) is 10.6. The summed E-state index contributed by atoms with van der Waals surface area (Å²) in [6, 6.07) is 0. The van der Waals surface area contributed by atoms with Gasteiger partial charge in [0.1, 0.15) is 0 Å². The number of hydrogen-bond donors (Lipinski definition) is 1. The molecule has 0 saturated carbocycles. The van der Waals surface area contributed by atoms with Gasteiger partial charge in [0.15, 0.2) is 0 Å². The average molecular weight is 196 g/mol. The minimum absolute atomic E-state index is 0.244. The van der Waals surface area contributed by atoms with E-state index in [2.05, 4.69) is 44.0 Å². The molecule has 1 heterocycles. The Morgan fingerprint density at radius 2 is 2.21 bits per heavy atom. The third-order valence-electron chi connectivity index (χ3n) is 2.79. The molecule has 1 aliphatic rings. The van der Waals surface area contributed by atoms with Crippen LogP contribution in [0, 0.1) is 0 Å². The van der Waals surface area contributed by atoms with Gasteiger partial charge in [-0.1, -0.05) is 18.6 Å². The first kappa shape index (κ1) is 11.7. The summed E-state index contributed by atoms with van der Waals surface area (Å²) in [5.74, 6) is 0. The number of nitrogens with one attached hydrogen (secondary N) is 1. The molecule has 1 aliphatic heterocycles. The van der Waals surface area contributed by atoms with Crippen molar-refractivity contribution in [1.29, 1.82) is 0 Å². The molecule has 2 heteroatoms. The van der Waals surface area contributed by atoms with Gasteiger partial charge < -0.3 is 5.32 Å². The molecule has 0 amide bonds. The molecule has 14 heavy (non-hydrogen) atoms. The van der Waals surface area contributed by atoms with Gasteiger partial charge in [-0.3, -0.25) is 4.90 Å². The predicted molar refractivity (Wildman–Crippen MR) is 62.6 cm³/mol. The molecule has 0 spiro atoms. The number of nitrogens with zero attached hydrogens (tertiary/aromatic N) is 1. The zero-order valence-electron chi connectivity index (χ0n) is 10.1. The maximum Gasteiger partial charge on any atom is 0.0252 e. The molecule has 0 unspecified atom stereocenters. The van der Waals surface area contributed by atoms with E-state index in [4.69, 9.17) is 0 Å². The van der Waals surface area contributed by atoms with Gasteiger partial charge in [0.25, 0.3) is 0 Å². The maximum absolute atomic E-state index is 3.52. The molecule has 0 bridgehead atoms. The monoisotopic (exact) mass is 196 g/mol. The van der Waals surface area contributed by atoms with E-state index in [1.54, 1.807) is 5.57 Å².